The van der Waals surface area contributed by atoms with Gasteiger partial charge in [-0.25, -0.2) is 4.98 Å². The molecular weight excluding hydrogens is 334 g/mol. The molecular formula is C19H27N3O2S. The van der Waals surface area contributed by atoms with Crippen LogP contribution in [0.4, 0.5) is 10.8 Å². The van der Waals surface area contributed by atoms with Crippen LogP contribution in [-0.2, 0) is 0 Å². The van der Waals surface area contributed by atoms with Crippen LogP contribution < -0.4 is 5.32 Å². The van der Waals surface area contributed by atoms with Crippen molar-refractivity contribution in [2.45, 2.75) is 76.7 Å². The molecule has 136 valence electrons. The third-order valence-electron chi connectivity index (χ3n) is 5.02. The fraction of sp³-hybridized carbons (Fsp3) is 0.632. The summed E-state index contributed by atoms with van der Waals surface area (Å²) in [4.78, 5) is 15.2. The number of benzene rings is 1. The van der Waals surface area contributed by atoms with E-state index < -0.39 is 0 Å². The molecule has 1 fully saturated rings. The van der Waals surface area contributed by atoms with E-state index in [0.717, 1.165) is 15.3 Å². The molecule has 25 heavy (non-hydrogen) atoms. The Kier molecular flexibility index (Phi) is 6.62. The molecule has 1 N–H and O–H groups in total. The number of nitro benzene ring substituents is 1. The Morgan fingerprint density at radius 3 is 2.20 bits per heavy atom. The van der Waals surface area contributed by atoms with Crippen molar-refractivity contribution in [3.05, 3.63) is 28.3 Å². The fourth-order valence-electron chi connectivity index (χ4n) is 3.57. The third kappa shape index (κ3) is 5.39. The van der Waals surface area contributed by atoms with Crippen molar-refractivity contribution >= 4 is 32.4 Å². The van der Waals surface area contributed by atoms with Gasteiger partial charge in [0.25, 0.3) is 5.69 Å². The minimum absolute atomic E-state index is 0.133. The number of hydrogen-bond donors (Lipinski definition) is 1. The van der Waals surface area contributed by atoms with Crippen LogP contribution in [0.3, 0.4) is 0 Å². The first-order valence-electron chi connectivity index (χ1n) is 9.54. The lowest BCUT2D eigenvalue weighted by Gasteiger charge is -2.19. The molecule has 6 heteroatoms. The van der Waals surface area contributed by atoms with Gasteiger partial charge in [-0.3, -0.25) is 10.1 Å². The lowest BCUT2D eigenvalue weighted by atomic mass is 9.98. The van der Waals surface area contributed by atoms with Crippen LogP contribution in [0.2, 0.25) is 0 Å². The van der Waals surface area contributed by atoms with Gasteiger partial charge in [0.15, 0.2) is 5.13 Å². The van der Waals surface area contributed by atoms with Gasteiger partial charge in [0.1, 0.15) is 0 Å². The second kappa shape index (κ2) is 9.13. The van der Waals surface area contributed by atoms with Crippen molar-refractivity contribution in [2.75, 3.05) is 5.32 Å². The van der Waals surface area contributed by atoms with Crippen LogP contribution >= 0.6 is 11.3 Å². The van der Waals surface area contributed by atoms with E-state index in [4.69, 9.17) is 0 Å². The summed E-state index contributed by atoms with van der Waals surface area (Å²) in [5.74, 6) is 0. The summed E-state index contributed by atoms with van der Waals surface area (Å²) >= 11 is 1.52. The van der Waals surface area contributed by atoms with E-state index in [-0.39, 0.29) is 10.6 Å². The van der Waals surface area contributed by atoms with Crippen LogP contribution in [0.1, 0.15) is 70.6 Å². The van der Waals surface area contributed by atoms with E-state index in [1.807, 2.05) is 0 Å². The van der Waals surface area contributed by atoms with E-state index in [9.17, 15) is 10.1 Å². The summed E-state index contributed by atoms with van der Waals surface area (Å²) < 4.78 is 0.879. The first-order chi connectivity index (χ1) is 12.2. The largest absolute Gasteiger partial charge is 0.359 e. The number of rotatable bonds is 3. The third-order valence-corrected chi connectivity index (χ3v) is 5.96. The predicted molar refractivity (Wildman–Crippen MR) is 104 cm³/mol. The van der Waals surface area contributed by atoms with E-state index in [0.29, 0.717) is 6.04 Å². The minimum atomic E-state index is -0.348. The van der Waals surface area contributed by atoms with Crippen LogP contribution in [0.15, 0.2) is 18.2 Å². The van der Waals surface area contributed by atoms with Gasteiger partial charge in [-0.1, -0.05) is 69.1 Å². The van der Waals surface area contributed by atoms with Crippen molar-refractivity contribution in [3.63, 3.8) is 0 Å². The van der Waals surface area contributed by atoms with Gasteiger partial charge < -0.3 is 5.32 Å². The molecule has 0 spiro atoms. The Morgan fingerprint density at radius 1 is 1.00 bits per heavy atom. The predicted octanol–water partition coefficient (Wildman–Crippen LogP) is 6.29. The molecule has 1 aromatic heterocycles. The van der Waals surface area contributed by atoms with Crippen LogP contribution in [0, 0.1) is 10.1 Å². The van der Waals surface area contributed by atoms with Crippen molar-refractivity contribution < 1.29 is 4.92 Å². The van der Waals surface area contributed by atoms with Gasteiger partial charge in [-0.05, 0) is 18.9 Å². The molecule has 0 radical (unpaired) electrons. The zero-order valence-electron chi connectivity index (χ0n) is 14.7. The minimum Gasteiger partial charge on any atom is -0.359 e. The standard InChI is InChI=1S/C19H27N3O2S/c23-22(24)16-12-13-17-18(14-16)25-19(21-17)20-15-10-8-6-4-2-1-3-5-7-9-11-15/h12-15H,1-11H2,(H,20,21). The Balaban J connectivity index is 1.65. The molecule has 1 aliphatic rings. The average molecular weight is 362 g/mol. The number of fused-ring (bicyclic) bond motifs is 1. The van der Waals surface area contributed by atoms with Gasteiger partial charge in [-0.15, -0.1) is 0 Å². The maximum atomic E-state index is 10.9. The smallest absolute Gasteiger partial charge is 0.270 e. The van der Waals surface area contributed by atoms with Crippen molar-refractivity contribution in [1.82, 2.24) is 4.98 Å². The van der Waals surface area contributed by atoms with Gasteiger partial charge in [0, 0.05) is 18.2 Å². The highest BCUT2D eigenvalue weighted by molar-refractivity contribution is 7.22. The second-order valence-corrected chi connectivity index (χ2v) is 8.06. The fourth-order valence-corrected chi connectivity index (χ4v) is 4.55. The SMILES string of the molecule is O=[N+]([O-])c1ccc2nc(NC3CCCCCCCCCCC3)sc2c1. The molecule has 3 rings (SSSR count). The van der Waals surface area contributed by atoms with E-state index >= 15 is 0 Å². The summed E-state index contributed by atoms with van der Waals surface area (Å²) in [6.45, 7) is 0. The number of nitrogens with zero attached hydrogens (tertiary/aromatic N) is 2. The first-order valence-corrected chi connectivity index (χ1v) is 10.4. The molecule has 0 amide bonds. The number of aromatic nitrogens is 1. The lowest BCUT2D eigenvalue weighted by Crippen LogP contribution is -2.19. The number of anilines is 1. The van der Waals surface area contributed by atoms with Gasteiger partial charge in [-0.2, -0.15) is 0 Å². The van der Waals surface area contributed by atoms with E-state index in [2.05, 4.69) is 10.3 Å². The Morgan fingerprint density at radius 2 is 1.60 bits per heavy atom. The molecule has 0 aliphatic heterocycles. The maximum Gasteiger partial charge on any atom is 0.270 e. The molecule has 0 atom stereocenters. The van der Waals surface area contributed by atoms with Crippen LogP contribution in [0.25, 0.3) is 10.2 Å². The number of hydrogen-bond acceptors (Lipinski definition) is 5. The summed E-state index contributed by atoms with van der Waals surface area (Å²) in [7, 11) is 0. The molecule has 1 saturated carbocycles. The number of non-ortho nitro benzene ring substituents is 1. The average Bonchev–Trinajstić information content (AvgIpc) is 2.98. The zero-order chi connectivity index (χ0) is 17.5. The van der Waals surface area contributed by atoms with Crippen molar-refractivity contribution in [1.29, 1.82) is 0 Å². The normalized spacial score (nSPS) is 18.4. The van der Waals surface area contributed by atoms with Crippen molar-refractivity contribution in [3.8, 4) is 0 Å². The summed E-state index contributed by atoms with van der Waals surface area (Å²) in [5.41, 5.74) is 0.972. The quantitative estimate of drug-likeness (QED) is 0.515. The molecule has 0 unspecified atom stereocenters. The second-order valence-electron chi connectivity index (χ2n) is 7.03. The molecule has 1 aromatic carbocycles. The molecule has 0 saturated heterocycles. The molecule has 1 heterocycles. The summed E-state index contributed by atoms with van der Waals surface area (Å²) in [6, 6.07) is 5.37. The van der Waals surface area contributed by atoms with Crippen LogP contribution in [0.5, 0.6) is 0 Å². The van der Waals surface area contributed by atoms with E-state index in [1.54, 1.807) is 12.1 Å². The van der Waals surface area contributed by atoms with Gasteiger partial charge in [0.05, 0.1) is 15.1 Å². The van der Waals surface area contributed by atoms with Crippen molar-refractivity contribution in [2.24, 2.45) is 0 Å². The molecule has 0 bridgehead atoms. The highest BCUT2D eigenvalue weighted by Crippen LogP contribution is 2.30. The highest BCUT2D eigenvalue weighted by atomic mass is 32.1. The van der Waals surface area contributed by atoms with Crippen LogP contribution in [-0.4, -0.2) is 15.9 Å². The first kappa shape index (κ1) is 18.1. The molecule has 5 nitrogen and oxygen atoms in total. The number of nitro groups is 1. The Labute approximate surface area is 153 Å². The molecule has 2 aromatic rings. The highest BCUT2D eigenvalue weighted by Gasteiger charge is 2.14. The summed E-state index contributed by atoms with van der Waals surface area (Å²) in [6.07, 6.45) is 14.5. The number of nitrogens with one attached hydrogen (secondary N) is 1. The van der Waals surface area contributed by atoms with Gasteiger partial charge >= 0.3 is 0 Å². The van der Waals surface area contributed by atoms with Gasteiger partial charge in [0.2, 0.25) is 0 Å². The Hall–Kier alpha value is -1.69. The topological polar surface area (TPSA) is 68.1 Å². The van der Waals surface area contributed by atoms with E-state index in [1.165, 1.54) is 88.0 Å². The zero-order valence-corrected chi connectivity index (χ0v) is 15.5. The summed E-state index contributed by atoms with van der Waals surface area (Å²) in [5, 5.41) is 15.4. The number of thiazole rings is 1. The molecule has 1 aliphatic carbocycles. The monoisotopic (exact) mass is 361 g/mol. The Bertz CT molecular complexity index is 689. The maximum absolute atomic E-state index is 10.9. The lowest BCUT2D eigenvalue weighted by molar-refractivity contribution is -0.384.